The molecule has 0 amide bonds. The maximum Gasteiger partial charge on any atom is 0.0458 e. The third-order valence-electron chi connectivity index (χ3n) is 2.68. The number of nitrogens with one attached hydrogen (secondary N) is 1. The number of hydrogen-bond acceptors (Lipinski definition) is 3. The summed E-state index contributed by atoms with van der Waals surface area (Å²) >= 11 is 11.2. The molecule has 1 aromatic carbocycles. The van der Waals surface area contributed by atoms with Crippen LogP contribution in [0.25, 0.3) is 0 Å². The molecule has 0 radical (unpaired) electrons. The summed E-state index contributed by atoms with van der Waals surface area (Å²) in [4.78, 5) is 1.30. The second kappa shape index (κ2) is 6.68. The lowest BCUT2D eigenvalue weighted by Crippen LogP contribution is -2.27. The van der Waals surface area contributed by atoms with Crippen molar-refractivity contribution >= 4 is 38.9 Å². The van der Waals surface area contributed by atoms with Gasteiger partial charge in [-0.3, -0.25) is 0 Å². The van der Waals surface area contributed by atoms with Gasteiger partial charge in [-0.1, -0.05) is 39.7 Å². The molecule has 0 fully saturated rings. The summed E-state index contributed by atoms with van der Waals surface area (Å²) in [6.45, 7) is 1.38. The first-order valence-corrected chi connectivity index (χ1v) is 7.66. The standard InChI is InChI=1S/C13H14BrClN2S/c14-12-6-9(15)3-4-11(12)13(7-16)17-8-10-2-1-5-18-10/h1-6,13,17H,7-8,16H2. The normalized spacial score (nSPS) is 12.6. The molecule has 18 heavy (non-hydrogen) atoms. The highest BCUT2D eigenvalue weighted by molar-refractivity contribution is 9.10. The summed E-state index contributed by atoms with van der Waals surface area (Å²) in [6.07, 6.45) is 0. The van der Waals surface area contributed by atoms with Crippen LogP contribution >= 0.6 is 38.9 Å². The molecule has 0 aliphatic carbocycles. The zero-order valence-corrected chi connectivity index (χ0v) is 12.9. The average molecular weight is 346 g/mol. The Morgan fingerprint density at radius 1 is 1.39 bits per heavy atom. The maximum absolute atomic E-state index is 5.94. The van der Waals surface area contributed by atoms with Gasteiger partial charge >= 0.3 is 0 Å². The van der Waals surface area contributed by atoms with Gasteiger partial charge in [0.1, 0.15) is 0 Å². The van der Waals surface area contributed by atoms with Crippen LogP contribution < -0.4 is 11.1 Å². The summed E-state index contributed by atoms with van der Waals surface area (Å²) in [7, 11) is 0. The molecule has 1 aromatic heterocycles. The molecule has 0 saturated carbocycles. The molecule has 0 saturated heterocycles. The zero-order chi connectivity index (χ0) is 13.0. The van der Waals surface area contributed by atoms with Crippen LogP contribution in [0.1, 0.15) is 16.5 Å². The highest BCUT2D eigenvalue weighted by Gasteiger charge is 2.12. The van der Waals surface area contributed by atoms with Gasteiger partial charge in [-0.25, -0.2) is 0 Å². The maximum atomic E-state index is 5.94. The first-order chi connectivity index (χ1) is 8.70. The van der Waals surface area contributed by atoms with Crippen LogP contribution in [0.5, 0.6) is 0 Å². The van der Waals surface area contributed by atoms with Gasteiger partial charge in [-0.2, -0.15) is 0 Å². The molecular formula is C13H14BrClN2S. The van der Waals surface area contributed by atoms with Crippen molar-refractivity contribution in [3.05, 3.63) is 55.6 Å². The summed E-state index contributed by atoms with van der Waals surface area (Å²) in [5.41, 5.74) is 6.98. The Balaban J connectivity index is 2.08. The van der Waals surface area contributed by atoms with E-state index in [2.05, 4.69) is 38.8 Å². The van der Waals surface area contributed by atoms with Gasteiger partial charge in [0, 0.05) is 33.5 Å². The van der Waals surface area contributed by atoms with E-state index in [0.29, 0.717) is 6.54 Å². The Bertz CT molecular complexity index is 502. The lowest BCUT2D eigenvalue weighted by atomic mass is 10.1. The van der Waals surface area contributed by atoms with Crippen molar-refractivity contribution in [2.24, 2.45) is 5.73 Å². The first kappa shape index (κ1) is 14.0. The van der Waals surface area contributed by atoms with Crippen LogP contribution in [-0.2, 0) is 6.54 Å². The molecule has 2 aromatic rings. The molecule has 1 unspecified atom stereocenters. The van der Waals surface area contributed by atoms with Crippen molar-refractivity contribution in [1.29, 1.82) is 0 Å². The predicted molar refractivity (Wildman–Crippen MR) is 82.1 cm³/mol. The monoisotopic (exact) mass is 344 g/mol. The number of hydrogen-bond donors (Lipinski definition) is 2. The van der Waals surface area contributed by atoms with Crippen molar-refractivity contribution in [2.45, 2.75) is 12.6 Å². The highest BCUT2D eigenvalue weighted by atomic mass is 79.9. The van der Waals surface area contributed by atoms with E-state index in [1.807, 2.05) is 18.2 Å². The molecule has 0 aliphatic heterocycles. The first-order valence-electron chi connectivity index (χ1n) is 5.61. The Kier molecular flexibility index (Phi) is 5.21. The molecule has 1 heterocycles. The van der Waals surface area contributed by atoms with Gasteiger partial charge in [-0.05, 0) is 29.1 Å². The summed E-state index contributed by atoms with van der Waals surface area (Å²) < 4.78 is 0.990. The van der Waals surface area contributed by atoms with E-state index in [0.717, 1.165) is 21.6 Å². The Morgan fingerprint density at radius 3 is 2.83 bits per heavy atom. The van der Waals surface area contributed by atoms with E-state index in [1.54, 1.807) is 11.3 Å². The van der Waals surface area contributed by atoms with E-state index in [1.165, 1.54) is 4.88 Å². The van der Waals surface area contributed by atoms with Crippen molar-refractivity contribution in [3.8, 4) is 0 Å². The summed E-state index contributed by atoms with van der Waals surface area (Å²) in [5.74, 6) is 0. The molecule has 2 rings (SSSR count). The van der Waals surface area contributed by atoms with E-state index in [9.17, 15) is 0 Å². The Hall–Kier alpha value is -0.390. The largest absolute Gasteiger partial charge is 0.329 e. The number of rotatable bonds is 5. The van der Waals surface area contributed by atoms with Gasteiger partial charge < -0.3 is 11.1 Å². The Labute approximate surface area is 124 Å². The van der Waals surface area contributed by atoms with Crippen LogP contribution in [0.2, 0.25) is 5.02 Å². The molecule has 3 N–H and O–H groups in total. The number of halogens is 2. The minimum Gasteiger partial charge on any atom is -0.329 e. The average Bonchev–Trinajstić information content (AvgIpc) is 2.85. The van der Waals surface area contributed by atoms with E-state index >= 15 is 0 Å². The van der Waals surface area contributed by atoms with Crippen molar-refractivity contribution in [2.75, 3.05) is 6.54 Å². The number of benzene rings is 1. The molecule has 5 heteroatoms. The van der Waals surface area contributed by atoms with Gasteiger partial charge in [-0.15, -0.1) is 11.3 Å². The quantitative estimate of drug-likeness (QED) is 0.861. The SMILES string of the molecule is NCC(NCc1cccs1)c1ccc(Cl)cc1Br. The fraction of sp³-hybridized carbons (Fsp3) is 0.231. The van der Waals surface area contributed by atoms with Gasteiger partial charge in [0.2, 0.25) is 0 Å². The highest BCUT2D eigenvalue weighted by Crippen LogP contribution is 2.26. The second-order valence-electron chi connectivity index (χ2n) is 3.91. The van der Waals surface area contributed by atoms with Crippen molar-refractivity contribution in [3.63, 3.8) is 0 Å². The smallest absolute Gasteiger partial charge is 0.0458 e. The van der Waals surface area contributed by atoms with Gasteiger partial charge in [0.05, 0.1) is 0 Å². The molecule has 96 valence electrons. The lowest BCUT2D eigenvalue weighted by molar-refractivity contribution is 0.543. The fourth-order valence-electron chi connectivity index (χ4n) is 1.74. The molecule has 2 nitrogen and oxygen atoms in total. The van der Waals surface area contributed by atoms with Crippen LogP contribution in [0.4, 0.5) is 0 Å². The van der Waals surface area contributed by atoms with Crippen LogP contribution in [0.3, 0.4) is 0 Å². The van der Waals surface area contributed by atoms with E-state index in [-0.39, 0.29) is 6.04 Å². The predicted octanol–water partition coefficient (Wildman–Crippen LogP) is 3.95. The number of nitrogens with two attached hydrogens (primary N) is 1. The van der Waals surface area contributed by atoms with E-state index < -0.39 is 0 Å². The van der Waals surface area contributed by atoms with Crippen LogP contribution in [-0.4, -0.2) is 6.54 Å². The molecule has 0 spiro atoms. The van der Waals surface area contributed by atoms with Gasteiger partial charge in [0.15, 0.2) is 0 Å². The molecular weight excluding hydrogens is 332 g/mol. The minimum absolute atomic E-state index is 0.124. The minimum atomic E-state index is 0.124. The Morgan fingerprint density at radius 2 is 2.22 bits per heavy atom. The third-order valence-corrected chi connectivity index (χ3v) is 4.47. The van der Waals surface area contributed by atoms with Crippen molar-refractivity contribution in [1.82, 2.24) is 5.32 Å². The number of thiophene rings is 1. The van der Waals surface area contributed by atoms with Crippen LogP contribution in [0, 0.1) is 0 Å². The molecule has 0 bridgehead atoms. The molecule has 0 aliphatic rings. The summed E-state index contributed by atoms with van der Waals surface area (Å²) in [5, 5.41) is 6.26. The second-order valence-corrected chi connectivity index (χ2v) is 6.24. The zero-order valence-electron chi connectivity index (χ0n) is 9.70. The third kappa shape index (κ3) is 3.56. The van der Waals surface area contributed by atoms with E-state index in [4.69, 9.17) is 17.3 Å². The van der Waals surface area contributed by atoms with Gasteiger partial charge in [0.25, 0.3) is 0 Å². The fourth-order valence-corrected chi connectivity index (χ4v) is 3.36. The summed E-state index contributed by atoms with van der Waals surface area (Å²) in [6, 6.07) is 10.1. The van der Waals surface area contributed by atoms with Crippen molar-refractivity contribution < 1.29 is 0 Å². The molecule has 1 atom stereocenters. The lowest BCUT2D eigenvalue weighted by Gasteiger charge is -2.18. The topological polar surface area (TPSA) is 38.0 Å². The van der Waals surface area contributed by atoms with Crippen LogP contribution in [0.15, 0.2) is 40.2 Å².